The van der Waals surface area contributed by atoms with Crippen LogP contribution in [0.5, 0.6) is 0 Å². The number of hydrogen-bond donors (Lipinski definition) is 0. The molecule has 0 unspecified atom stereocenters. The molecule has 66 heavy (non-hydrogen) atoms. The first-order valence-electron chi connectivity index (χ1n) is 22.6. The topological polar surface area (TPSA) is 43.9 Å². The predicted molar refractivity (Wildman–Crippen MR) is 266 cm³/mol. The third-order valence-corrected chi connectivity index (χ3v) is 13.9. The van der Waals surface area contributed by atoms with Gasteiger partial charge in [-0.25, -0.2) is 0 Å². The number of benzene rings is 7. The quantitative estimate of drug-likeness (QED) is 0.156. The van der Waals surface area contributed by atoms with Gasteiger partial charge in [0.1, 0.15) is 5.58 Å². The Bertz CT molecular complexity index is 3370. The van der Waals surface area contributed by atoms with Crippen LogP contribution in [-0.4, -0.2) is 14.5 Å². The zero-order valence-electron chi connectivity index (χ0n) is 38.6. The Kier molecular flexibility index (Phi) is 11.8. The maximum Gasteiger partial charge on any atom is 0.121 e. The molecule has 0 aliphatic heterocycles. The zero-order chi connectivity index (χ0) is 45.2. The van der Waals surface area contributed by atoms with Crippen LogP contribution in [0.3, 0.4) is 0 Å². The van der Waals surface area contributed by atoms with Crippen LogP contribution in [0, 0.1) is 17.9 Å². The molecule has 10 aromatic rings. The minimum absolute atomic E-state index is 0. The van der Waals surface area contributed by atoms with Gasteiger partial charge in [-0.3, -0.25) is 9.37 Å². The molecule has 7 aromatic carbocycles. The van der Waals surface area contributed by atoms with Crippen LogP contribution in [0.1, 0.15) is 89.5 Å². The average Bonchev–Trinajstić information content (AvgIpc) is 3.90. The number of imidazole rings is 1. The molecule has 0 N–H and O–H groups in total. The molecule has 1 radical (unpaired) electrons. The van der Waals surface area contributed by atoms with E-state index in [0.717, 1.165) is 66.7 Å². The fraction of sp³-hybridized carbons (Fsp3) is 0.200. The van der Waals surface area contributed by atoms with Crippen molar-refractivity contribution >= 4 is 33.0 Å². The Morgan fingerprint density at radius 3 is 1.92 bits per heavy atom. The number of para-hydroxylation sites is 2. The standard InChI is InChI=1S/C43H35N2O.C17H17FN.Ir/c1-27(2)36-24-32(30-16-9-6-10-17-30)25-37(28(3)4)41(36)45-39-21-12-11-20-38(39)44-43(45)35-19-13-18-34-33-23-22-31(26-40(33)46-42(34)35)29-14-7-5-8-15-29;1-16(2)13-6-5-9-19-15(13)12-8-7-11(18)10-14(12)17(16,3)4;/h5-18,20-28H,1-4H3;5-7,9-10H,1-4H3;/q2*-1;. The van der Waals surface area contributed by atoms with Gasteiger partial charge in [0.25, 0.3) is 0 Å². The summed E-state index contributed by atoms with van der Waals surface area (Å²) < 4.78 is 22.7. The van der Waals surface area contributed by atoms with Crippen LogP contribution in [0.2, 0.25) is 0 Å². The van der Waals surface area contributed by atoms with E-state index in [1.807, 2.05) is 18.2 Å². The summed E-state index contributed by atoms with van der Waals surface area (Å²) in [6.45, 7) is 17.9. The molecule has 1 aliphatic rings. The number of fused-ring (bicyclic) bond motifs is 7. The Hall–Kier alpha value is -6.46. The van der Waals surface area contributed by atoms with E-state index in [0.29, 0.717) is 0 Å². The molecule has 4 nitrogen and oxygen atoms in total. The van der Waals surface area contributed by atoms with Gasteiger partial charge in [-0.05, 0) is 98.1 Å². The second-order valence-corrected chi connectivity index (χ2v) is 19.0. The average molecular weight is 1040 g/mol. The maximum atomic E-state index is 13.6. The van der Waals surface area contributed by atoms with Crippen molar-refractivity contribution in [1.82, 2.24) is 14.5 Å². The number of furan rings is 1. The Labute approximate surface area is 400 Å². The summed E-state index contributed by atoms with van der Waals surface area (Å²) in [5.74, 6) is 1.17. The number of hydrogen-bond acceptors (Lipinski definition) is 3. The first kappa shape index (κ1) is 44.7. The van der Waals surface area contributed by atoms with Crippen molar-refractivity contribution in [3.05, 3.63) is 198 Å². The van der Waals surface area contributed by atoms with Gasteiger partial charge in [-0.2, -0.15) is 0 Å². The van der Waals surface area contributed by atoms with Crippen LogP contribution < -0.4 is 0 Å². The fourth-order valence-electron chi connectivity index (χ4n) is 9.70. The summed E-state index contributed by atoms with van der Waals surface area (Å²) in [5, 5.41) is 2.15. The fourth-order valence-corrected chi connectivity index (χ4v) is 9.70. The Morgan fingerprint density at radius 1 is 0.606 bits per heavy atom. The van der Waals surface area contributed by atoms with Crippen molar-refractivity contribution in [3.63, 3.8) is 0 Å². The van der Waals surface area contributed by atoms with Gasteiger partial charge >= 0.3 is 0 Å². The van der Waals surface area contributed by atoms with E-state index >= 15 is 0 Å². The van der Waals surface area contributed by atoms with Crippen LogP contribution in [0.4, 0.5) is 4.39 Å². The molecule has 0 saturated heterocycles. The van der Waals surface area contributed by atoms with Crippen LogP contribution in [-0.2, 0) is 30.9 Å². The molecular formula is C60H52FIrN3O-2. The third-order valence-electron chi connectivity index (χ3n) is 13.9. The van der Waals surface area contributed by atoms with Crippen molar-refractivity contribution in [1.29, 1.82) is 0 Å². The summed E-state index contributed by atoms with van der Waals surface area (Å²) in [4.78, 5) is 9.80. The predicted octanol–water partition coefficient (Wildman–Crippen LogP) is 16.2. The number of rotatable bonds is 6. The van der Waals surface area contributed by atoms with Crippen LogP contribution >= 0.6 is 0 Å². The molecule has 0 atom stereocenters. The Morgan fingerprint density at radius 2 is 1.24 bits per heavy atom. The molecule has 331 valence electrons. The summed E-state index contributed by atoms with van der Waals surface area (Å²) in [7, 11) is 0. The van der Waals surface area contributed by atoms with Gasteiger partial charge in [0.2, 0.25) is 0 Å². The SMILES string of the molecule is CC(C)c1cc(-c2ccccc2)cc(C(C)C)c1-n1c(-c2[c-]ccc3c2oc2cc(-c4ccccc4)ccc23)nc2ccccc21.CC1(C)c2cc(F)c[c-]c2-c2ncccc2C1(C)C.[Ir]. The van der Waals surface area contributed by atoms with Gasteiger partial charge < -0.3 is 14.0 Å². The minimum Gasteiger partial charge on any atom is -0.501 e. The first-order valence-corrected chi connectivity index (χ1v) is 22.6. The maximum absolute atomic E-state index is 13.6. The normalized spacial score (nSPS) is 13.6. The molecule has 0 spiro atoms. The molecule has 0 amide bonds. The number of pyridine rings is 1. The molecule has 0 bridgehead atoms. The van der Waals surface area contributed by atoms with Crippen molar-refractivity contribution in [2.24, 2.45) is 0 Å². The van der Waals surface area contributed by atoms with Crippen molar-refractivity contribution in [2.75, 3.05) is 0 Å². The molecule has 6 heteroatoms. The largest absolute Gasteiger partial charge is 0.501 e. The van der Waals surface area contributed by atoms with Crippen LogP contribution in [0.15, 0.2) is 162 Å². The monoisotopic (exact) mass is 1040 g/mol. The molecule has 1 aliphatic carbocycles. The molecule has 11 rings (SSSR count). The van der Waals surface area contributed by atoms with E-state index in [-0.39, 0.29) is 48.6 Å². The second kappa shape index (κ2) is 17.4. The summed E-state index contributed by atoms with van der Waals surface area (Å²) in [6.07, 6.45) is 1.79. The van der Waals surface area contributed by atoms with Gasteiger partial charge in [0.15, 0.2) is 0 Å². The Balaban J connectivity index is 0.000000229. The van der Waals surface area contributed by atoms with E-state index in [1.54, 1.807) is 12.3 Å². The summed E-state index contributed by atoms with van der Waals surface area (Å²) >= 11 is 0. The van der Waals surface area contributed by atoms with E-state index < -0.39 is 0 Å². The van der Waals surface area contributed by atoms with Gasteiger partial charge in [-0.1, -0.05) is 163 Å². The van der Waals surface area contributed by atoms with E-state index in [9.17, 15) is 4.39 Å². The van der Waals surface area contributed by atoms with Crippen molar-refractivity contribution < 1.29 is 28.9 Å². The van der Waals surface area contributed by atoms with Gasteiger partial charge in [0, 0.05) is 43.2 Å². The molecule has 3 heterocycles. The number of nitrogens with zero attached hydrogens (tertiary/aromatic N) is 3. The zero-order valence-corrected chi connectivity index (χ0v) is 41.0. The van der Waals surface area contributed by atoms with Crippen LogP contribution in [0.25, 0.3) is 83.6 Å². The minimum atomic E-state index is -0.234. The third kappa shape index (κ3) is 7.51. The smallest absolute Gasteiger partial charge is 0.121 e. The summed E-state index contributed by atoms with van der Waals surface area (Å²) in [6, 6.07) is 58.7. The van der Waals surface area contributed by atoms with Gasteiger partial charge in [-0.15, -0.1) is 47.5 Å². The first-order chi connectivity index (χ1) is 31.3. The van der Waals surface area contributed by atoms with Gasteiger partial charge in [0.05, 0.1) is 22.4 Å². The van der Waals surface area contributed by atoms with Crippen molar-refractivity contribution in [3.8, 4) is 50.6 Å². The second-order valence-electron chi connectivity index (χ2n) is 19.0. The van der Waals surface area contributed by atoms with E-state index in [2.05, 4.69) is 198 Å². The van der Waals surface area contributed by atoms with E-state index in [1.165, 1.54) is 45.1 Å². The molecule has 3 aromatic heterocycles. The molecule has 0 saturated carbocycles. The van der Waals surface area contributed by atoms with Crippen molar-refractivity contribution in [2.45, 2.75) is 78.1 Å². The number of aromatic nitrogens is 3. The summed E-state index contributed by atoms with van der Waals surface area (Å²) in [5.41, 5.74) is 16.9. The molecule has 0 fully saturated rings. The number of halogens is 1. The van der Waals surface area contributed by atoms with E-state index in [4.69, 9.17) is 9.40 Å². The molecular weight excluding hydrogens is 990 g/mol.